The molecule has 4 aromatic rings. The van der Waals surface area contributed by atoms with Crippen LogP contribution in [0, 0.1) is 13.8 Å². The van der Waals surface area contributed by atoms with Crippen molar-refractivity contribution in [2.75, 3.05) is 6.61 Å². The molecule has 0 bridgehead atoms. The molecule has 0 atom stereocenters. The maximum absolute atomic E-state index is 11.6. The van der Waals surface area contributed by atoms with Crippen molar-refractivity contribution in [3.63, 3.8) is 0 Å². The fourth-order valence-electron chi connectivity index (χ4n) is 2.65. The van der Waals surface area contributed by atoms with Crippen molar-refractivity contribution in [3.8, 4) is 0 Å². The third-order valence-electron chi connectivity index (χ3n) is 4.08. The monoisotopic (exact) mass is 398 g/mol. The largest absolute Gasteiger partial charge is 0.462 e. The van der Waals surface area contributed by atoms with Gasteiger partial charge in [-0.2, -0.15) is 0 Å². The number of carbonyl (C=O) groups excluding carboxylic acids is 2. The standard InChI is InChI=1S/C11H11NO2S.C9H7NOS/c1-3-14-11(13)10-7(2)8-6-12-5-4-9(8)15-10;1-6-7-4-10-3-2-8(7)12-9(6)5-11/h4-6H,3H2,1-2H3;2-5H,1H3. The van der Waals surface area contributed by atoms with Gasteiger partial charge in [-0.1, -0.05) is 0 Å². The minimum atomic E-state index is -0.240. The number of hydrogen-bond donors (Lipinski definition) is 0. The molecule has 27 heavy (non-hydrogen) atoms. The Kier molecular flexibility index (Phi) is 5.93. The van der Waals surface area contributed by atoms with E-state index in [4.69, 9.17) is 4.74 Å². The number of nitrogens with zero attached hydrogens (tertiary/aromatic N) is 2. The normalized spacial score (nSPS) is 10.5. The summed E-state index contributed by atoms with van der Waals surface area (Å²) in [5.74, 6) is -0.240. The Hall–Kier alpha value is -2.64. The molecule has 0 saturated heterocycles. The predicted molar refractivity (Wildman–Crippen MR) is 110 cm³/mol. The maximum atomic E-state index is 11.6. The van der Waals surface area contributed by atoms with Gasteiger partial charge in [0.1, 0.15) is 4.88 Å². The van der Waals surface area contributed by atoms with E-state index in [0.717, 1.165) is 42.5 Å². The number of aldehydes is 1. The average Bonchev–Trinajstić information content (AvgIpc) is 3.20. The number of thiophene rings is 2. The highest BCUT2D eigenvalue weighted by Gasteiger charge is 2.15. The highest BCUT2D eigenvalue weighted by Crippen LogP contribution is 2.30. The van der Waals surface area contributed by atoms with E-state index in [-0.39, 0.29) is 5.97 Å². The second-order valence-corrected chi connectivity index (χ2v) is 7.87. The lowest BCUT2D eigenvalue weighted by Gasteiger charge is -1.98. The zero-order chi connectivity index (χ0) is 19.4. The summed E-state index contributed by atoms with van der Waals surface area (Å²) in [4.78, 5) is 31.7. The van der Waals surface area contributed by atoms with Crippen LogP contribution in [0.25, 0.3) is 20.2 Å². The quantitative estimate of drug-likeness (QED) is 0.350. The Balaban J connectivity index is 0.000000159. The van der Waals surface area contributed by atoms with Crippen LogP contribution < -0.4 is 0 Å². The second kappa shape index (κ2) is 8.37. The van der Waals surface area contributed by atoms with E-state index in [9.17, 15) is 9.59 Å². The summed E-state index contributed by atoms with van der Waals surface area (Å²) < 4.78 is 7.19. The third-order valence-corrected chi connectivity index (χ3v) is 6.53. The smallest absolute Gasteiger partial charge is 0.348 e. The summed E-state index contributed by atoms with van der Waals surface area (Å²) in [6.45, 7) is 6.09. The first kappa shape index (κ1) is 19.1. The van der Waals surface area contributed by atoms with Gasteiger partial charge in [0.2, 0.25) is 0 Å². The molecule has 0 fully saturated rings. The third kappa shape index (κ3) is 3.89. The van der Waals surface area contributed by atoms with Crippen molar-refractivity contribution < 1.29 is 14.3 Å². The zero-order valence-corrected chi connectivity index (χ0v) is 16.8. The Labute approximate surface area is 164 Å². The second-order valence-electron chi connectivity index (χ2n) is 5.73. The van der Waals surface area contributed by atoms with Crippen molar-refractivity contribution in [3.05, 3.63) is 57.8 Å². The molecule has 0 aliphatic rings. The van der Waals surface area contributed by atoms with Crippen molar-refractivity contribution in [1.82, 2.24) is 9.97 Å². The lowest BCUT2D eigenvalue weighted by molar-refractivity contribution is 0.0531. The van der Waals surface area contributed by atoms with Gasteiger partial charge in [0.15, 0.2) is 6.29 Å². The van der Waals surface area contributed by atoms with Crippen LogP contribution in [0.5, 0.6) is 0 Å². The molecular weight excluding hydrogens is 380 g/mol. The predicted octanol–water partition coefficient (Wildman–Crippen LogP) is 5.20. The minimum absolute atomic E-state index is 0.240. The van der Waals surface area contributed by atoms with E-state index in [0.29, 0.717) is 11.5 Å². The summed E-state index contributed by atoms with van der Waals surface area (Å²) >= 11 is 2.97. The SMILES string of the molecule is CCOC(=O)c1sc2ccncc2c1C.Cc1c(C=O)sc2ccncc12. The highest BCUT2D eigenvalue weighted by atomic mass is 32.1. The van der Waals surface area contributed by atoms with E-state index in [1.165, 1.54) is 22.7 Å². The first-order valence-electron chi connectivity index (χ1n) is 8.35. The fraction of sp³-hybridized carbons (Fsp3) is 0.200. The number of hydrogen-bond acceptors (Lipinski definition) is 7. The summed E-state index contributed by atoms with van der Waals surface area (Å²) in [5, 5.41) is 2.12. The van der Waals surface area contributed by atoms with Crippen LogP contribution in [0.15, 0.2) is 36.9 Å². The number of carbonyl (C=O) groups is 2. The molecule has 7 heteroatoms. The lowest BCUT2D eigenvalue weighted by Crippen LogP contribution is -2.03. The van der Waals surface area contributed by atoms with E-state index >= 15 is 0 Å². The van der Waals surface area contributed by atoms with Crippen LogP contribution in [0.2, 0.25) is 0 Å². The summed E-state index contributed by atoms with van der Waals surface area (Å²) in [7, 11) is 0. The number of aromatic nitrogens is 2. The van der Waals surface area contributed by atoms with Gasteiger partial charge in [-0.3, -0.25) is 14.8 Å². The van der Waals surface area contributed by atoms with Crippen LogP contribution in [0.4, 0.5) is 0 Å². The van der Waals surface area contributed by atoms with Gasteiger partial charge in [0, 0.05) is 45.0 Å². The van der Waals surface area contributed by atoms with Crippen LogP contribution in [0.1, 0.15) is 37.4 Å². The van der Waals surface area contributed by atoms with Gasteiger partial charge in [-0.25, -0.2) is 4.79 Å². The zero-order valence-electron chi connectivity index (χ0n) is 15.2. The molecule has 0 unspecified atom stereocenters. The van der Waals surface area contributed by atoms with Gasteiger partial charge >= 0.3 is 5.97 Å². The van der Waals surface area contributed by atoms with Crippen LogP contribution in [0.3, 0.4) is 0 Å². The number of rotatable bonds is 3. The van der Waals surface area contributed by atoms with Crippen LogP contribution >= 0.6 is 22.7 Å². The van der Waals surface area contributed by atoms with Crippen LogP contribution in [-0.4, -0.2) is 28.8 Å². The molecule has 0 aliphatic carbocycles. The molecule has 0 N–H and O–H groups in total. The molecule has 0 spiro atoms. The van der Waals surface area contributed by atoms with Gasteiger partial charge < -0.3 is 4.74 Å². The molecule has 138 valence electrons. The molecule has 4 rings (SSSR count). The average molecular weight is 399 g/mol. The number of pyridine rings is 2. The molecule has 4 aromatic heterocycles. The first-order chi connectivity index (χ1) is 13.1. The van der Waals surface area contributed by atoms with E-state index < -0.39 is 0 Å². The maximum Gasteiger partial charge on any atom is 0.348 e. The Morgan fingerprint density at radius 2 is 1.63 bits per heavy atom. The van der Waals surface area contributed by atoms with E-state index in [2.05, 4.69) is 9.97 Å². The fourth-order valence-corrected chi connectivity index (χ4v) is 4.71. The highest BCUT2D eigenvalue weighted by molar-refractivity contribution is 7.21. The molecule has 0 radical (unpaired) electrons. The molecule has 0 saturated carbocycles. The van der Waals surface area contributed by atoms with Crippen molar-refractivity contribution in [2.24, 2.45) is 0 Å². The first-order valence-corrected chi connectivity index (χ1v) is 9.98. The van der Waals surface area contributed by atoms with Gasteiger partial charge in [0.05, 0.1) is 11.5 Å². The number of aryl methyl sites for hydroxylation is 2. The topological polar surface area (TPSA) is 69.2 Å². The molecular formula is C20H18N2O3S2. The molecule has 0 aliphatic heterocycles. The van der Waals surface area contributed by atoms with Gasteiger partial charge in [-0.05, 0) is 44.0 Å². The van der Waals surface area contributed by atoms with Gasteiger partial charge in [0.25, 0.3) is 0 Å². The number of ether oxygens (including phenoxy) is 1. The summed E-state index contributed by atoms with van der Waals surface area (Å²) in [6.07, 6.45) is 7.96. The molecule has 5 nitrogen and oxygen atoms in total. The van der Waals surface area contributed by atoms with Crippen molar-refractivity contribution in [2.45, 2.75) is 20.8 Å². The summed E-state index contributed by atoms with van der Waals surface area (Å²) in [5.41, 5.74) is 2.00. The Morgan fingerprint density at radius 3 is 2.15 bits per heavy atom. The minimum Gasteiger partial charge on any atom is -0.462 e. The van der Waals surface area contributed by atoms with E-state index in [1.54, 1.807) is 24.8 Å². The molecule has 0 amide bonds. The van der Waals surface area contributed by atoms with Crippen LogP contribution in [-0.2, 0) is 4.74 Å². The Bertz CT molecular complexity index is 1120. The summed E-state index contributed by atoms with van der Waals surface area (Å²) in [6, 6.07) is 3.84. The van der Waals surface area contributed by atoms with Crippen molar-refractivity contribution >= 4 is 55.1 Å². The van der Waals surface area contributed by atoms with E-state index in [1.807, 2.05) is 32.9 Å². The number of esters is 1. The molecule has 4 heterocycles. The number of fused-ring (bicyclic) bond motifs is 2. The van der Waals surface area contributed by atoms with Gasteiger partial charge in [-0.15, -0.1) is 22.7 Å². The van der Waals surface area contributed by atoms with Crippen molar-refractivity contribution in [1.29, 1.82) is 0 Å². The lowest BCUT2D eigenvalue weighted by atomic mass is 10.2. The Morgan fingerprint density at radius 1 is 1.04 bits per heavy atom. The molecule has 0 aromatic carbocycles.